The second-order valence-electron chi connectivity index (χ2n) is 6.55. The molecule has 0 aromatic heterocycles. The van der Waals surface area contributed by atoms with Gasteiger partial charge in [0.25, 0.3) is 0 Å². The Labute approximate surface area is 117 Å². The fourth-order valence-corrected chi connectivity index (χ4v) is 5.23. The maximum Gasteiger partial charge on any atom is 0.153 e. The lowest BCUT2D eigenvalue weighted by Crippen LogP contribution is -2.52. The Kier molecular flexibility index (Phi) is 4.90. The van der Waals surface area contributed by atoms with Crippen molar-refractivity contribution in [3.8, 4) is 0 Å². The molecule has 2 aliphatic rings. The fourth-order valence-electron chi connectivity index (χ4n) is 3.60. The first-order valence-electron chi connectivity index (χ1n) is 7.61. The van der Waals surface area contributed by atoms with Gasteiger partial charge in [-0.15, -0.1) is 0 Å². The van der Waals surface area contributed by atoms with Gasteiger partial charge >= 0.3 is 0 Å². The fraction of sp³-hybridized carbons (Fsp3) is 1.00. The van der Waals surface area contributed by atoms with Crippen molar-refractivity contribution in [3.63, 3.8) is 0 Å². The Morgan fingerprint density at radius 1 is 1.21 bits per heavy atom. The van der Waals surface area contributed by atoms with Gasteiger partial charge in [-0.25, -0.2) is 8.42 Å². The van der Waals surface area contributed by atoms with E-state index in [0.717, 1.165) is 13.1 Å². The smallest absolute Gasteiger partial charge is 0.153 e. The van der Waals surface area contributed by atoms with Crippen molar-refractivity contribution in [1.29, 1.82) is 0 Å². The zero-order valence-electron chi connectivity index (χ0n) is 12.1. The number of sulfone groups is 1. The molecule has 5 heteroatoms. The maximum atomic E-state index is 11.7. The molecule has 1 atom stereocenters. The minimum Gasteiger partial charge on any atom is -0.330 e. The van der Waals surface area contributed by atoms with Crippen molar-refractivity contribution >= 4 is 9.84 Å². The summed E-state index contributed by atoms with van der Waals surface area (Å²) in [6, 6.07) is 0.144. The quantitative estimate of drug-likeness (QED) is 0.798. The summed E-state index contributed by atoms with van der Waals surface area (Å²) in [6.07, 6.45) is 7.62. The van der Waals surface area contributed by atoms with Gasteiger partial charge in [-0.2, -0.15) is 0 Å². The molecule has 4 nitrogen and oxygen atoms in total. The lowest BCUT2D eigenvalue weighted by atomic mass is 9.79. The molecule has 19 heavy (non-hydrogen) atoms. The van der Waals surface area contributed by atoms with Crippen LogP contribution >= 0.6 is 0 Å². The third-order valence-corrected chi connectivity index (χ3v) is 6.74. The standard InChI is InChI=1S/C14H28N2O2S/c1-13-10-19(17,18)9-8-16(13)12-14(11-15)6-4-2-3-5-7-14/h13H,2-12,15H2,1H3. The second-order valence-corrected chi connectivity index (χ2v) is 8.78. The summed E-state index contributed by atoms with van der Waals surface area (Å²) >= 11 is 0. The summed E-state index contributed by atoms with van der Waals surface area (Å²) in [5, 5.41) is 0. The van der Waals surface area contributed by atoms with Gasteiger partial charge in [0.05, 0.1) is 11.5 Å². The van der Waals surface area contributed by atoms with E-state index in [-0.39, 0.29) is 11.5 Å². The van der Waals surface area contributed by atoms with Crippen LogP contribution in [0.1, 0.15) is 45.4 Å². The molecule has 0 aromatic rings. The van der Waals surface area contributed by atoms with Crippen LogP contribution in [0, 0.1) is 5.41 Å². The third-order valence-electron chi connectivity index (χ3n) is 4.94. The Morgan fingerprint density at radius 2 is 1.84 bits per heavy atom. The van der Waals surface area contributed by atoms with E-state index in [1.165, 1.54) is 38.5 Å². The minimum atomic E-state index is -2.81. The van der Waals surface area contributed by atoms with Crippen LogP contribution in [-0.2, 0) is 9.84 Å². The average Bonchev–Trinajstić information content (AvgIpc) is 2.58. The van der Waals surface area contributed by atoms with Crippen LogP contribution in [0.25, 0.3) is 0 Å². The molecule has 2 rings (SSSR count). The molecule has 1 saturated carbocycles. The highest BCUT2D eigenvalue weighted by atomic mass is 32.2. The van der Waals surface area contributed by atoms with Crippen molar-refractivity contribution in [2.75, 3.05) is 31.1 Å². The number of nitrogens with two attached hydrogens (primary N) is 1. The zero-order valence-corrected chi connectivity index (χ0v) is 12.9. The molecule has 2 fully saturated rings. The molecule has 1 heterocycles. The van der Waals surface area contributed by atoms with E-state index in [1.807, 2.05) is 6.92 Å². The number of rotatable bonds is 3. The lowest BCUT2D eigenvalue weighted by molar-refractivity contribution is 0.114. The largest absolute Gasteiger partial charge is 0.330 e. The molecular weight excluding hydrogens is 260 g/mol. The Bertz CT molecular complexity index is 386. The van der Waals surface area contributed by atoms with E-state index in [4.69, 9.17) is 5.73 Å². The molecule has 0 aromatic carbocycles. The van der Waals surface area contributed by atoms with Crippen molar-refractivity contribution in [2.24, 2.45) is 11.1 Å². The molecule has 1 aliphatic heterocycles. The molecule has 0 bridgehead atoms. The molecule has 1 unspecified atom stereocenters. The number of hydrogen-bond acceptors (Lipinski definition) is 4. The van der Waals surface area contributed by atoms with Gasteiger partial charge in [-0.05, 0) is 31.7 Å². The van der Waals surface area contributed by atoms with Gasteiger partial charge in [0.15, 0.2) is 9.84 Å². The van der Waals surface area contributed by atoms with Gasteiger partial charge in [0.1, 0.15) is 0 Å². The van der Waals surface area contributed by atoms with Gasteiger partial charge in [-0.3, -0.25) is 4.90 Å². The van der Waals surface area contributed by atoms with Crippen LogP contribution in [0.4, 0.5) is 0 Å². The number of nitrogens with zero attached hydrogens (tertiary/aromatic N) is 1. The molecular formula is C14H28N2O2S. The maximum absolute atomic E-state index is 11.7. The van der Waals surface area contributed by atoms with E-state index >= 15 is 0 Å². The molecule has 1 saturated heterocycles. The Morgan fingerprint density at radius 3 is 2.37 bits per heavy atom. The molecule has 1 aliphatic carbocycles. The molecule has 0 radical (unpaired) electrons. The predicted octanol–water partition coefficient (Wildman–Crippen LogP) is 1.40. The average molecular weight is 288 g/mol. The van der Waals surface area contributed by atoms with Crippen LogP contribution in [0.3, 0.4) is 0 Å². The number of hydrogen-bond donors (Lipinski definition) is 1. The molecule has 2 N–H and O–H groups in total. The highest BCUT2D eigenvalue weighted by Crippen LogP contribution is 2.35. The SMILES string of the molecule is CC1CS(=O)(=O)CCN1CC1(CN)CCCCCC1. The van der Waals surface area contributed by atoms with Gasteiger partial charge < -0.3 is 5.73 Å². The van der Waals surface area contributed by atoms with E-state index in [1.54, 1.807) is 0 Å². The van der Waals surface area contributed by atoms with Crippen molar-refractivity contribution in [2.45, 2.75) is 51.5 Å². The van der Waals surface area contributed by atoms with E-state index < -0.39 is 9.84 Å². The second kappa shape index (κ2) is 6.10. The van der Waals surface area contributed by atoms with Gasteiger partial charge in [-0.1, -0.05) is 25.7 Å². The summed E-state index contributed by atoms with van der Waals surface area (Å²) in [5.74, 6) is 0.631. The summed E-state index contributed by atoms with van der Waals surface area (Å²) in [6.45, 7) is 4.45. The van der Waals surface area contributed by atoms with Crippen LogP contribution in [0.2, 0.25) is 0 Å². The molecule has 0 spiro atoms. The highest BCUT2D eigenvalue weighted by molar-refractivity contribution is 7.91. The normalized spacial score (nSPS) is 31.8. The Balaban J connectivity index is 2.01. The monoisotopic (exact) mass is 288 g/mol. The van der Waals surface area contributed by atoms with E-state index in [0.29, 0.717) is 18.1 Å². The van der Waals surface area contributed by atoms with Crippen molar-refractivity contribution < 1.29 is 8.42 Å². The summed E-state index contributed by atoms with van der Waals surface area (Å²) in [5.41, 5.74) is 6.31. The molecule has 112 valence electrons. The lowest BCUT2D eigenvalue weighted by Gasteiger charge is -2.41. The van der Waals surface area contributed by atoms with Crippen molar-refractivity contribution in [3.05, 3.63) is 0 Å². The Hall–Kier alpha value is -0.130. The van der Waals surface area contributed by atoms with E-state index in [9.17, 15) is 8.42 Å². The highest BCUT2D eigenvalue weighted by Gasteiger charge is 2.36. The topological polar surface area (TPSA) is 63.4 Å². The van der Waals surface area contributed by atoms with Crippen molar-refractivity contribution in [1.82, 2.24) is 4.90 Å². The summed E-state index contributed by atoms with van der Waals surface area (Å²) in [4.78, 5) is 2.36. The molecule has 0 amide bonds. The first-order valence-corrected chi connectivity index (χ1v) is 9.43. The summed E-state index contributed by atoms with van der Waals surface area (Å²) in [7, 11) is -2.81. The van der Waals surface area contributed by atoms with Gasteiger partial charge in [0.2, 0.25) is 0 Å². The van der Waals surface area contributed by atoms with Crippen LogP contribution in [0.5, 0.6) is 0 Å². The first-order chi connectivity index (χ1) is 8.96. The predicted molar refractivity (Wildman–Crippen MR) is 78.9 cm³/mol. The van der Waals surface area contributed by atoms with Gasteiger partial charge in [0, 0.05) is 19.1 Å². The zero-order chi connectivity index (χ0) is 13.9. The van der Waals surface area contributed by atoms with E-state index in [2.05, 4.69) is 4.90 Å². The van der Waals surface area contributed by atoms with Crippen LogP contribution in [0.15, 0.2) is 0 Å². The van der Waals surface area contributed by atoms with Crippen LogP contribution in [-0.4, -0.2) is 50.5 Å². The first kappa shape index (κ1) is 15.3. The minimum absolute atomic E-state index is 0.144. The summed E-state index contributed by atoms with van der Waals surface area (Å²) < 4.78 is 23.3. The third kappa shape index (κ3) is 3.92. The van der Waals surface area contributed by atoms with Crippen LogP contribution < -0.4 is 5.73 Å².